The highest BCUT2D eigenvalue weighted by atomic mass is 19.1. The van der Waals surface area contributed by atoms with Gasteiger partial charge in [-0.2, -0.15) is 10.5 Å². The third-order valence-electron chi connectivity index (χ3n) is 3.91. The standard InChI is InChI=1S/C16H20FN5/c17-15-9-16(12-20-11-15)22-6-2-5-21(7-8-22)13-14(10-19)3-1-4-18/h9,11-12,14H,1-3,5-8,13H2/t14-/m1/s1. The van der Waals surface area contributed by atoms with Gasteiger partial charge in [-0.05, 0) is 19.4 Å². The first-order chi connectivity index (χ1) is 10.7. The topological polar surface area (TPSA) is 67.0 Å². The van der Waals surface area contributed by atoms with Crippen LogP contribution in [0.3, 0.4) is 0 Å². The van der Waals surface area contributed by atoms with Crippen LogP contribution in [-0.4, -0.2) is 42.6 Å². The molecule has 5 nitrogen and oxygen atoms in total. The molecule has 2 heterocycles. The fraction of sp³-hybridized carbons (Fsp3) is 0.562. The molecule has 1 saturated heterocycles. The summed E-state index contributed by atoms with van der Waals surface area (Å²) in [5.74, 6) is -0.415. The van der Waals surface area contributed by atoms with Crippen LogP contribution in [0.2, 0.25) is 0 Å². The van der Waals surface area contributed by atoms with E-state index in [9.17, 15) is 4.39 Å². The van der Waals surface area contributed by atoms with Gasteiger partial charge in [0.25, 0.3) is 0 Å². The van der Waals surface area contributed by atoms with Crippen molar-refractivity contribution in [3.63, 3.8) is 0 Å². The van der Waals surface area contributed by atoms with Gasteiger partial charge in [0.2, 0.25) is 0 Å². The van der Waals surface area contributed by atoms with Gasteiger partial charge in [0.1, 0.15) is 5.82 Å². The molecule has 0 N–H and O–H groups in total. The summed E-state index contributed by atoms with van der Waals surface area (Å²) in [7, 11) is 0. The Hall–Kier alpha value is -2.18. The summed E-state index contributed by atoms with van der Waals surface area (Å²) in [5.41, 5.74) is 0.808. The predicted octanol–water partition coefficient (Wildman–Crippen LogP) is 2.18. The van der Waals surface area contributed by atoms with Gasteiger partial charge in [-0.25, -0.2) is 4.39 Å². The molecular formula is C16H20FN5. The largest absolute Gasteiger partial charge is 0.369 e. The van der Waals surface area contributed by atoms with Gasteiger partial charge < -0.3 is 9.80 Å². The van der Waals surface area contributed by atoms with Crippen molar-refractivity contribution in [1.29, 1.82) is 10.5 Å². The van der Waals surface area contributed by atoms with Crippen LogP contribution in [0.1, 0.15) is 19.3 Å². The maximum atomic E-state index is 13.3. The van der Waals surface area contributed by atoms with Crippen LogP contribution in [0, 0.1) is 34.4 Å². The van der Waals surface area contributed by atoms with E-state index < -0.39 is 0 Å². The second-order valence-corrected chi connectivity index (χ2v) is 5.53. The number of nitrogens with zero attached hydrogens (tertiary/aromatic N) is 5. The van der Waals surface area contributed by atoms with E-state index in [1.54, 1.807) is 6.20 Å². The highest BCUT2D eigenvalue weighted by Crippen LogP contribution is 2.17. The Labute approximate surface area is 130 Å². The highest BCUT2D eigenvalue weighted by molar-refractivity contribution is 5.44. The minimum absolute atomic E-state index is 0.0953. The molecule has 1 aliphatic heterocycles. The van der Waals surface area contributed by atoms with Gasteiger partial charge in [0.05, 0.1) is 36.1 Å². The Morgan fingerprint density at radius 1 is 1.23 bits per heavy atom. The van der Waals surface area contributed by atoms with E-state index in [-0.39, 0.29) is 11.7 Å². The fourth-order valence-electron chi connectivity index (χ4n) is 2.73. The first-order valence-electron chi connectivity index (χ1n) is 7.57. The number of rotatable bonds is 5. The number of anilines is 1. The number of hydrogen-bond donors (Lipinski definition) is 0. The molecule has 1 aliphatic rings. The maximum absolute atomic E-state index is 13.3. The lowest BCUT2D eigenvalue weighted by atomic mass is 10.0. The summed E-state index contributed by atoms with van der Waals surface area (Å²) >= 11 is 0. The molecule has 0 aliphatic carbocycles. The van der Waals surface area contributed by atoms with Crippen LogP contribution in [0.5, 0.6) is 0 Å². The number of nitriles is 2. The Kier molecular flexibility index (Phi) is 6.12. The second kappa shape index (κ2) is 8.31. The molecule has 0 unspecified atom stereocenters. The molecule has 2 rings (SSSR count). The number of pyridine rings is 1. The molecule has 6 heteroatoms. The molecule has 22 heavy (non-hydrogen) atoms. The Bertz CT molecular complexity index is 562. The lowest BCUT2D eigenvalue weighted by Gasteiger charge is -2.24. The molecule has 0 radical (unpaired) electrons. The second-order valence-electron chi connectivity index (χ2n) is 5.53. The Morgan fingerprint density at radius 3 is 2.82 bits per heavy atom. The van der Waals surface area contributed by atoms with Crippen LogP contribution in [-0.2, 0) is 0 Å². The summed E-state index contributed by atoms with van der Waals surface area (Å²) in [6, 6.07) is 5.89. The van der Waals surface area contributed by atoms with Gasteiger partial charge in [-0.15, -0.1) is 0 Å². The van der Waals surface area contributed by atoms with Crippen LogP contribution in [0.25, 0.3) is 0 Å². The van der Waals surface area contributed by atoms with Gasteiger partial charge in [0.15, 0.2) is 0 Å². The van der Waals surface area contributed by atoms with Crippen molar-refractivity contribution in [2.75, 3.05) is 37.6 Å². The van der Waals surface area contributed by atoms with Crippen molar-refractivity contribution in [2.24, 2.45) is 5.92 Å². The summed E-state index contributed by atoms with van der Waals surface area (Å²) in [6.45, 7) is 4.11. The van der Waals surface area contributed by atoms with Crippen molar-refractivity contribution < 1.29 is 4.39 Å². The highest BCUT2D eigenvalue weighted by Gasteiger charge is 2.19. The lowest BCUT2D eigenvalue weighted by molar-refractivity contribution is 0.262. The zero-order chi connectivity index (χ0) is 15.8. The molecular weight excluding hydrogens is 281 g/mol. The fourth-order valence-corrected chi connectivity index (χ4v) is 2.73. The molecule has 1 fully saturated rings. The van der Waals surface area contributed by atoms with Gasteiger partial charge in [-0.1, -0.05) is 0 Å². The Morgan fingerprint density at radius 2 is 2.09 bits per heavy atom. The third-order valence-corrected chi connectivity index (χ3v) is 3.91. The van der Waals surface area contributed by atoms with Crippen molar-refractivity contribution in [1.82, 2.24) is 9.88 Å². The van der Waals surface area contributed by atoms with E-state index in [4.69, 9.17) is 10.5 Å². The minimum atomic E-state index is -0.320. The van der Waals surface area contributed by atoms with Crippen molar-refractivity contribution in [2.45, 2.75) is 19.3 Å². The van der Waals surface area contributed by atoms with Gasteiger partial charge in [0, 0.05) is 38.7 Å². The molecule has 0 bridgehead atoms. The van der Waals surface area contributed by atoms with E-state index in [1.165, 1.54) is 12.3 Å². The Balaban J connectivity index is 1.90. The smallest absolute Gasteiger partial charge is 0.143 e. The van der Waals surface area contributed by atoms with Crippen molar-refractivity contribution >= 4 is 5.69 Å². The SMILES string of the molecule is N#CCC[C@H](C#N)CN1CCCN(c2cncc(F)c2)CC1. The van der Waals surface area contributed by atoms with Gasteiger partial charge in [-0.3, -0.25) is 4.98 Å². The molecule has 0 spiro atoms. The number of hydrogen-bond acceptors (Lipinski definition) is 5. The average Bonchev–Trinajstić information content (AvgIpc) is 2.77. The first-order valence-corrected chi connectivity index (χ1v) is 7.57. The van der Waals surface area contributed by atoms with Crippen LogP contribution in [0.4, 0.5) is 10.1 Å². The molecule has 0 saturated carbocycles. The van der Waals surface area contributed by atoms with E-state index in [0.29, 0.717) is 19.4 Å². The minimum Gasteiger partial charge on any atom is -0.369 e. The normalized spacial score (nSPS) is 17.3. The first kappa shape index (κ1) is 16.2. The number of halogens is 1. The molecule has 0 amide bonds. The molecule has 0 aromatic carbocycles. The number of aromatic nitrogens is 1. The maximum Gasteiger partial charge on any atom is 0.143 e. The summed E-state index contributed by atoms with van der Waals surface area (Å²) in [6.07, 6.45) is 4.91. The lowest BCUT2D eigenvalue weighted by Crippen LogP contribution is -2.33. The summed E-state index contributed by atoms with van der Waals surface area (Å²) < 4.78 is 13.3. The summed E-state index contributed by atoms with van der Waals surface area (Å²) in [4.78, 5) is 8.29. The summed E-state index contributed by atoms with van der Waals surface area (Å²) in [5, 5.41) is 17.8. The molecule has 1 aromatic heterocycles. The zero-order valence-corrected chi connectivity index (χ0v) is 12.6. The van der Waals surface area contributed by atoms with Crippen LogP contribution >= 0.6 is 0 Å². The van der Waals surface area contributed by atoms with Crippen molar-refractivity contribution in [3.8, 4) is 12.1 Å². The van der Waals surface area contributed by atoms with Crippen LogP contribution < -0.4 is 4.90 Å². The van der Waals surface area contributed by atoms with E-state index in [1.807, 2.05) is 0 Å². The molecule has 1 aromatic rings. The molecule has 116 valence electrons. The van der Waals surface area contributed by atoms with E-state index in [2.05, 4.69) is 26.9 Å². The van der Waals surface area contributed by atoms with Crippen LogP contribution in [0.15, 0.2) is 18.5 Å². The quantitative estimate of drug-likeness (QED) is 0.834. The molecule has 1 atom stereocenters. The third kappa shape index (κ3) is 4.68. The monoisotopic (exact) mass is 301 g/mol. The average molecular weight is 301 g/mol. The van der Waals surface area contributed by atoms with Gasteiger partial charge >= 0.3 is 0 Å². The zero-order valence-electron chi connectivity index (χ0n) is 12.6. The van der Waals surface area contributed by atoms with E-state index >= 15 is 0 Å². The van der Waals surface area contributed by atoms with E-state index in [0.717, 1.165) is 38.3 Å². The predicted molar refractivity (Wildman–Crippen MR) is 81.4 cm³/mol. The van der Waals surface area contributed by atoms with Crippen molar-refractivity contribution in [3.05, 3.63) is 24.3 Å².